The zero-order chi connectivity index (χ0) is 14.8. The second kappa shape index (κ2) is 5.46. The predicted octanol–water partition coefficient (Wildman–Crippen LogP) is 2.23. The molecule has 0 spiro atoms. The van der Waals surface area contributed by atoms with Crippen LogP contribution in [0, 0.1) is 0 Å². The Kier molecular flexibility index (Phi) is 3.50. The number of aryl methyl sites for hydroxylation is 1. The van der Waals surface area contributed by atoms with Crippen molar-refractivity contribution in [1.82, 2.24) is 9.88 Å². The van der Waals surface area contributed by atoms with Gasteiger partial charge in [-0.05, 0) is 24.3 Å². The number of hydrogen-bond acceptors (Lipinski definition) is 3. The molecule has 0 aliphatic carbocycles. The summed E-state index contributed by atoms with van der Waals surface area (Å²) in [5.41, 5.74) is 1.42. The molecule has 1 aromatic carbocycles. The number of hydrogen-bond donors (Lipinski definition) is 2. The quantitative estimate of drug-likeness (QED) is 0.772. The minimum Gasteiger partial charge on any atom is -0.451 e. The number of amides is 1. The van der Waals surface area contributed by atoms with E-state index in [0.29, 0.717) is 5.58 Å². The molecule has 0 radical (unpaired) electrons. The lowest BCUT2D eigenvalue weighted by molar-refractivity contribution is 0.0887. The molecule has 1 atom stereocenters. The maximum atomic E-state index is 12.1. The van der Waals surface area contributed by atoms with Crippen molar-refractivity contribution in [3.63, 3.8) is 0 Å². The van der Waals surface area contributed by atoms with Crippen LogP contribution < -0.4 is 5.32 Å². The Hall–Kier alpha value is -2.53. The highest BCUT2D eigenvalue weighted by molar-refractivity contribution is 5.96. The van der Waals surface area contributed by atoms with Crippen LogP contribution >= 0.6 is 0 Å². The first kappa shape index (κ1) is 13.5. The summed E-state index contributed by atoms with van der Waals surface area (Å²) in [6.07, 6.45) is 1.10. The summed E-state index contributed by atoms with van der Waals surface area (Å²) >= 11 is 0. The number of aromatic nitrogens is 1. The molecular formula is C16H16N2O3. The minimum atomic E-state index is -0.752. The molecule has 0 aliphatic heterocycles. The van der Waals surface area contributed by atoms with Gasteiger partial charge in [-0.1, -0.05) is 18.2 Å². The van der Waals surface area contributed by atoms with E-state index in [2.05, 4.69) is 5.32 Å². The van der Waals surface area contributed by atoms with E-state index in [0.717, 1.165) is 11.1 Å². The standard InChI is InChI=1S/C16H16N2O3/c1-18-8-4-6-12(18)13(19)10-17-16(20)15-9-11-5-2-3-7-14(11)21-15/h2-9,13,19H,10H2,1H3,(H,17,20). The summed E-state index contributed by atoms with van der Waals surface area (Å²) in [6.45, 7) is 0.133. The van der Waals surface area contributed by atoms with Crippen LogP contribution in [0.25, 0.3) is 11.0 Å². The molecule has 2 aromatic heterocycles. The van der Waals surface area contributed by atoms with Gasteiger partial charge in [0, 0.05) is 30.9 Å². The number of para-hydroxylation sites is 1. The zero-order valence-corrected chi connectivity index (χ0v) is 11.6. The van der Waals surface area contributed by atoms with Gasteiger partial charge < -0.3 is 19.4 Å². The number of nitrogens with one attached hydrogen (secondary N) is 1. The maximum Gasteiger partial charge on any atom is 0.287 e. The van der Waals surface area contributed by atoms with Crippen molar-refractivity contribution >= 4 is 16.9 Å². The van der Waals surface area contributed by atoms with Crippen LogP contribution in [0.3, 0.4) is 0 Å². The molecule has 1 unspecified atom stereocenters. The molecule has 5 heteroatoms. The third-order valence-electron chi connectivity index (χ3n) is 3.43. The average Bonchev–Trinajstić information content (AvgIpc) is 3.10. The molecule has 3 rings (SSSR count). The average molecular weight is 284 g/mol. The van der Waals surface area contributed by atoms with Crippen LogP contribution in [-0.2, 0) is 7.05 Å². The van der Waals surface area contributed by atoms with Gasteiger partial charge >= 0.3 is 0 Å². The first-order chi connectivity index (χ1) is 10.1. The second-order valence-electron chi connectivity index (χ2n) is 4.92. The lowest BCUT2D eigenvalue weighted by Crippen LogP contribution is -2.28. The van der Waals surface area contributed by atoms with Crippen molar-refractivity contribution in [3.8, 4) is 0 Å². The molecule has 0 bridgehead atoms. The van der Waals surface area contributed by atoms with Crippen molar-refractivity contribution in [2.75, 3.05) is 6.54 Å². The summed E-state index contributed by atoms with van der Waals surface area (Å²) < 4.78 is 7.30. The Morgan fingerprint density at radius 3 is 2.86 bits per heavy atom. The molecule has 1 amide bonds. The largest absolute Gasteiger partial charge is 0.451 e. The summed E-state index contributed by atoms with van der Waals surface area (Å²) in [7, 11) is 1.85. The maximum absolute atomic E-state index is 12.1. The van der Waals surface area contributed by atoms with Gasteiger partial charge in [-0.2, -0.15) is 0 Å². The van der Waals surface area contributed by atoms with Crippen molar-refractivity contribution in [1.29, 1.82) is 0 Å². The molecule has 3 aromatic rings. The number of carbonyl (C=O) groups excluding carboxylic acids is 1. The van der Waals surface area contributed by atoms with Crippen molar-refractivity contribution in [2.45, 2.75) is 6.10 Å². The molecule has 2 N–H and O–H groups in total. The number of aliphatic hydroxyl groups excluding tert-OH is 1. The fourth-order valence-corrected chi connectivity index (χ4v) is 2.30. The topological polar surface area (TPSA) is 67.4 Å². The van der Waals surface area contributed by atoms with Crippen LogP contribution in [0.2, 0.25) is 0 Å². The van der Waals surface area contributed by atoms with E-state index >= 15 is 0 Å². The van der Waals surface area contributed by atoms with Crippen LogP contribution in [0.4, 0.5) is 0 Å². The van der Waals surface area contributed by atoms with E-state index < -0.39 is 6.10 Å². The third-order valence-corrected chi connectivity index (χ3v) is 3.43. The minimum absolute atomic E-state index is 0.133. The lowest BCUT2D eigenvalue weighted by Gasteiger charge is -2.12. The summed E-state index contributed by atoms with van der Waals surface area (Å²) in [4.78, 5) is 12.1. The van der Waals surface area contributed by atoms with E-state index in [1.165, 1.54) is 0 Å². The Balaban J connectivity index is 1.67. The first-order valence-corrected chi connectivity index (χ1v) is 6.71. The number of fused-ring (bicyclic) bond motifs is 1. The number of aliphatic hydroxyl groups is 1. The fraction of sp³-hybridized carbons (Fsp3) is 0.188. The molecule has 0 aliphatic rings. The number of furan rings is 1. The highest BCUT2D eigenvalue weighted by Gasteiger charge is 2.15. The molecule has 2 heterocycles. The van der Waals surface area contributed by atoms with E-state index in [1.807, 2.05) is 54.2 Å². The van der Waals surface area contributed by atoms with Gasteiger partial charge in [0.1, 0.15) is 11.7 Å². The molecular weight excluding hydrogens is 268 g/mol. The summed E-state index contributed by atoms with van der Waals surface area (Å²) in [6, 6.07) is 12.8. The number of rotatable bonds is 4. The Morgan fingerprint density at radius 1 is 1.33 bits per heavy atom. The molecule has 21 heavy (non-hydrogen) atoms. The smallest absolute Gasteiger partial charge is 0.287 e. The molecule has 0 fully saturated rings. The summed E-state index contributed by atoms with van der Waals surface area (Å²) in [5.74, 6) is -0.0882. The SMILES string of the molecule is Cn1cccc1C(O)CNC(=O)c1cc2ccccc2o1. The van der Waals surface area contributed by atoms with Crippen LogP contribution in [0.1, 0.15) is 22.4 Å². The van der Waals surface area contributed by atoms with Gasteiger partial charge in [0.15, 0.2) is 5.76 Å². The van der Waals surface area contributed by atoms with Gasteiger partial charge in [-0.3, -0.25) is 4.79 Å². The van der Waals surface area contributed by atoms with Crippen molar-refractivity contribution in [3.05, 3.63) is 60.1 Å². The van der Waals surface area contributed by atoms with E-state index in [4.69, 9.17) is 4.42 Å². The fourth-order valence-electron chi connectivity index (χ4n) is 2.30. The highest BCUT2D eigenvalue weighted by Crippen LogP contribution is 2.19. The van der Waals surface area contributed by atoms with Crippen molar-refractivity contribution in [2.24, 2.45) is 7.05 Å². The monoisotopic (exact) mass is 284 g/mol. The van der Waals surface area contributed by atoms with E-state index in [9.17, 15) is 9.90 Å². The molecule has 0 saturated heterocycles. The zero-order valence-electron chi connectivity index (χ0n) is 11.6. The van der Waals surface area contributed by atoms with Gasteiger partial charge in [0.2, 0.25) is 0 Å². The lowest BCUT2D eigenvalue weighted by atomic mass is 10.2. The molecule has 5 nitrogen and oxygen atoms in total. The highest BCUT2D eigenvalue weighted by atomic mass is 16.3. The summed E-state index contributed by atoms with van der Waals surface area (Å²) in [5, 5.41) is 13.6. The third kappa shape index (κ3) is 2.68. The number of benzene rings is 1. The number of nitrogens with zero attached hydrogens (tertiary/aromatic N) is 1. The van der Waals surface area contributed by atoms with E-state index in [1.54, 1.807) is 6.07 Å². The number of carbonyl (C=O) groups is 1. The van der Waals surface area contributed by atoms with Crippen molar-refractivity contribution < 1.29 is 14.3 Å². The van der Waals surface area contributed by atoms with Gasteiger partial charge in [0.05, 0.1) is 0 Å². The Morgan fingerprint density at radius 2 is 2.14 bits per heavy atom. The Labute approximate surface area is 121 Å². The molecule has 0 saturated carbocycles. The van der Waals surface area contributed by atoms with Gasteiger partial charge in [-0.25, -0.2) is 0 Å². The van der Waals surface area contributed by atoms with Crippen LogP contribution in [0.5, 0.6) is 0 Å². The normalized spacial score (nSPS) is 12.5. The van der Waals surface area contributed by atoms with Crippen LogP contribution in [0.15, 0.2) is 53.1 Å². The van der Waals surface area contributed by atoms with Gasteiger partial charge in [-0.15, -0.1) is 0 Å². The molecule has 108 valence electrons. The van der Waals surface area contributed by atoms with E-state index in [-0.39, 0.29) is 18.2 Å². The first-order valence-electron chi connectivity index (χ1n) is 6.71. The predicted molar refractivity (Wildman–Crippen MR) is 78.9 cm³/mol. The Bertz CT molecular complexity index is 740. The second-order valence-corrected chi connectivity index (χ2v) is 4.92. The van der Waals surface area contributed by atoms with Crippen LogP contribution in [-0.4, -0.2) is 22.1 Å². The van der Waals surface area contributed by atoms with Gasteiger partial charge in [0.25, 0.3) is 5.91 Å².